The number of benzene rings is 1. The Morgan fingerprint density at radius 2 is 1.95 bits per heavy atom. The van der Waals surface area contributed by atoms with E-state index in [2.05, 4.69) is 45.3 Å². The topological polar surface area (TPSA) is 59.8 Å². The van der Waals surface area contributed by atoms with E-state index in [1.54, 1.807) is 23.3 Å². The Balaban J connectivity index is 2.08. The monoisotopic (exact) mass is 336 g/mol. The summed E-state index contributed by atoms with van der Waals surface area (Å²) >= 11 is 3.39. The van der Waals surface area contributed by atoms with E-state index < -0.39 is 0 Å². The summed E-state index contributed by atoms with van der Waals surface area (Å²) in [7, 11) is 0. The van der Waals surface area contributed by atoms with Crippen molar-refractivity contribution in [2.75, 3.05) is 0 Å². The first-order chi connectivity index (χ1) is 9.58. The van der Waals surface area contributed by atoms with Gasteiger partial charge in [0.25, 0.3) is 5.91 Å². The maximum atomic E-state index is 12.3. The normalized spacial score (nSPS) is 12.4. The molecule has 0 unspecified atom stereocenters. The molecule has 0 aliphatic rings. The van der Waals surface area contributed by atoms with Crippen LogP contribution >= 0.6 is 15.9 Å². The summed E-state index contributed by atoms with van der Waals surface area (Å²) in [6, 6.07) is 7.35. The Labute approximate surface area is 126 Å². The lowest BCUT2D eigenvalue weighted by Crippen LogP contribution is -2.42. The zero-order chi connectivity index (χ0) is 14.5. The Kier molecular flexibility index (Phi) is 4.89. The fourth-order valence-electron chi connectivity index (χ4n) is 1.83. The third-order valence-electron chi connectivity index (χ3n) is 3.07. The molecule has 0 aliphatic heterocycles. The molecule has 0 bridgehead atoms. The molecule has 1 aromatic carbocycles. The summed E-state index contributed by atoms with van der Waals surface area (Å²) in [6.07, 6.45) is 3.26. The lowest BCUT2D eigenvalue weighted by molar-refractivity contribution is 0.0917. The summed E-state index contributed by atoms with van der Waals surface area (Å²) in [5.41, 5.74) is 0.631. The SMILES string of the molecule is CC(C)[C@@H](Cn1nccn1)NC(=O)c1ccccc1Br. The van der Waals surface area contributed by atoms with E-state index in [4.69, 9.17) is 0 Å². The fourth-order valence-corrected chi connectivity index (χ4v) is 2.29. The minimum absolute atomic E-state index is 0.0259. The highest BCUT2D eigenvalue weighted by molar-refractivity contribution is 9.10. The zero-order valence-electron chi connectivity index (χ0n) is 11.5. The van der Waals surface area contributed by atoms with Gasteiger partial charge in [0.05, 0.1) is 30.5 Å². The molecule has 1 heterocycles. The molecule has 5 nitrogen and oxygen atoms in total. The van der Waals surface area contributed by atoms with Crippen LogP contribution in [0.5, 0.6) is 0 Å². The number of carbonyl (C=O) groups is 1. The number of aromatic nitrogens is 3. The molecule has 6 heteroatoms. The summed E-state index contributed by atoms with van der Waals surface area (Å²) in [5, 5.41) is 11.2. The van der Waals surface area contributed by atoms with Gasteiger partial charge in [0.15, 0.2) is 0 Å². The quantitative estimate of drug-likeness (QED) is 0.912. The smallest absolute Gasteiger partial charge is 0.252 e. The maximum absolute atomic E-state index is 12.3. The third-order valence-corrected chi connectivity index (χ3v) is 3.76. The van der Waals surface area contributed by atoms with Crippen molar-refractivity contribution in [3.8, 4) is 0 Å². The first kappa shape index (κ1) is 14.7. The molecule has 0 fully saturated rings. The van der Waals surface area contributed by atoms with Crippen LogP contribution in [-0.2, 0) is 6.54 Å². The Hall–Kier alpha value is -1.69. The number of hydrogen-bond donors (Lipinski definition) is 1. The van der Waals surface area contributed by atoms with Crippen molar-refractivity contribution in [1.29, 1.82) is 0 Å². The molecule has 0 saturated heterocycles. The highest BCUT2D eigenvalue weighted by Gasteiger charge is 2.19. The molecule has 1 atom stereocenters. The van der Waals surface area contributed by atoms with Gasteiger partial charge in [0.1, 0.15) is 0 Å². The van der Waals surface area contributed by atoms with Crippen LogP contribution in [0.25, 0.3) is 0 Å². The van der Waals surface area contributed by atoms with Gasteiger partial charge in [-0.1, -0.05) is 26.0 Å². The molecule has 0 spiro atoms. The van der Waals surface area contributed by atoms with Crippen LogP contribution in [0.1, 0.15) is 24.2 Å². The average molecular weight is 337 g/mol. The second-order valence-corrected chi connectivity index (χ2v) is 5.74. The predicted octanol–water partition coefficient (Wildman–Crippen LogP) is 2.50. The Morgan fingerprint density at radius 1 is 1.30 bits per heavy atom. The van der Waals surface area contributed by atoms with Gasteiger partial charge in [-0.05, 0) is 34.0 Å². The molecule has 0 aliphatic carbocycles. The zero-order valence-corrected chi connectivity index (χ0v) is 13.0. The highest BCUT2D eigenvalue weighted by Crippen LogP contribution is 2.16. The second-order valence-electron chi connectivity index (χ2n) is 4.89. The van der Waals surface area contributed by atoms with E-state index in [1.807, 2.05) is 18.2 Å². The molecular weight excluding hydrogens is 320 g/mol. The Morgan fingerprint density at radius 3 is 2.55 bits per heavy atom. The van der Waals surface area contributed by atoms with Gasteiger partial charge < -0.3 is 5.32 Å². The molecular formula is C14H17BrN4O. The minimum Gasteiger partial charge on any atom is -0.347 e. The first-order valence-corrected chi connectivity index (χ1v) is 7.26. The lowest BCUT2D eigenvalue weighted by atomic mass is 10.0. The molecule has 20 heavy (non-hydrogen) atoms. The van der Waals surface area contributed by atoms with Crippen molar-refractivity contribution in [2.45, 2.75) is 26.4 Å². The van der Waals surface area contributed by atoms with Gasteiger partial charge in [-0.2, -0.15) is 15.0 Å². The molecule has 1 amide bonds. The van der Waals surface area contributed by atoms with Crippen molar-refractivity contribution in [2.24, 2.45) is 5.92 Å². The molecule has 2 rings (SSSR count). The van der Waals surface area contributed by atoms with Crippen LogP contribution in [0.4, 0.5) is 0 Å². The number of nitrogens with one attached hydrogen (secondary N) is 1. The number of amides is 1. The summed E-state index contributed by atoms with van der Waals surface area (Å²) in [5.74, 6) is 0.191. The van der Waals surface area contributed by atoms with Gasteiger partial charge in [-0.15, -0.1) is 0 Å². The molecule has 2 aromatic rings. The third kappa shape index (κ3) is 3.66. The van der Waals surface area contributed by atoms with E-state index in [0.29, 0.717) is 12.1 Å². The van der Waals surface area contributed by atoms with E-state index in [9.17, 15) is 4.79 Å². The lowest BCUT2D eigenvalue weighted by Gasteiger charge is -2.22. The molecule has 0 radical (unpaired) electrons. The van der Waals surface area contributed by atoms with E-state index >= 15 is 0 Å². The Bertz CT molecular complexity index is 568. The van der Waals surface area contributed by atoms with E-state index in [1.165, 1.54) is 0 Å². The largest absolute Gasteiger partial charge is 0.347 e. The van der Waals surface area contributed by atoms with Crippen LogP contribution in [0.2, 0.25) is 0 Å². The van der Waals surface area contributed by atoms with Crippen LogP contribution in [0.15, 0.2) is 41.1 Å². The fraction of sp³-hybridized carbons (Fsp3) is 0.357. The van der Waals surface area contributed by atoms with E-state index in [0.717, 1.165) is 4.47 Å². The average Bonchev–Trinajstić information content (AvgIpc) is 2.91. The number of hydrogen-bond acceptors (Lipinski definition) is 3. The predicted molar refractivity (Wildman–Crippen MR) is 80.3 cm³/mol. The van der Waals surface area contributed by atoms with Gasteiger partial charge >= 0.3 is 0 Å². The number of carbonyl (C=O) groups excluding carboxylic acids is 1. The molecule has 0 saturated carbocycles. The molecule has 1 aromatic heterocycles. The summed E-state index contributed by atoms with van der Waals surface area (Å²) in [6.45, 7) is 4.68. The maximum Gasteiger partial charge on any atom is 0.252 e. The number of halogens is 1. The summed E-state index contributed by atoms with van der Waals surface area (Å²) in [4.78, 5) is 13.9. The highest BCUT2D eigenvalue weighted by atomic mass is 79.9. The van der Waals surface area contributed by atoms with Crippen molar-refractivity contribution in [3.63, 3.8) is 0 Å². The second kappa shape index (κ2) is 6.65. The van der Waals surface area contributed by atoms with Gasteiger partial charge in [-0.3, -0.25) is 4.79 Å². The van der Waals surface area contributed by atoms with Crippen molar-refractivity contribution < 1.29 is 4.79 Å². The number of rotatable bonds is 5. The van der Waals surface area contributed by atoms with Crippen LogP contribution in [0, 0.1) is 5.92 Å². The van der Waals surface area contributed by atoms with Crippen LogP contribution in [0.3, 0.4) is 0 Å². The number of nitrogens with zero attached hydrogens (tertiary/aromatic N) is 3. The van der Waals surface area contributed by atoms with Crippen molar-refractivity contribution >= 4 is 21.8 Å². The minimum atomic E-state index is -0.0941. The first-order valence-electron chi connectivity index (χ1n) is 6.47. The molecule has 106 valence electrons. The molecule has 1 N–H and O–H groups in total. The van der Waals surface area contributed by atoms with Crippen molar-refractivity contribution in [3.05, 3.63) is 46.7 Å². The van der Waals surface area contributed by atoms with Crippen LogP contribution in [-0.4, -0.2) is 26.9 Å². The van der Waals surface area contributed by atoms with Gasteiger partial charge in [0, 0.05) is 4.47 Å². The van der Waals surface area contributed by atoms with Crippen LogP contribution < -0.4 is 5.32 Å². The summed E-state index contributed by atoms with van der Waals surface area (Å²) < 4.78 is 0.789. The van der Waals surface area contributed by atoms with Gasteiger partial charge in [-0.25, -0.2) is 0 Å². The van der Waals surface area contributed by atoms with E-state index in [-0.39, 0.29) is 17.9 Å². The van der Waals surface area contributed by atoms with Gasteiger partial charge in [0.2, 0.25) is 0 Å². The van der Waals surface area contributed by atoms with Crippen molar-refractivity contribution in [1.82, 2.24) is 20.3 Å². The standard InChI is InChI=1S/C14H17BrN4O/c1-10(2)13(9-19-16-7-8-17-19)18-14(20)11-5-3-4-6-12(11)15/h3-8,10,13H,9H2,1-2H3,(H,18,20)/t13-/m1/s1.